The van der Waals surface area contributed by atoms with E-state index < -0.39 is 37.7 Å². The van der Waals surface area contributed by atoms with E-state index in [4.69, 9.17) is 14.8 Å². The Morgan fingerprint density at radius 2 is 1.79 bits per heavy atom. The number of carboxylic acids is 1. The number of thiazole rings is 1. The summed E-state index contributed by atoms with van der Waals surface area (Å²) in [6.45, 7) is 3.29. The van der Waals surface area contributed by atoms with Gasteiger partial charge in [-0.15, -0.1) is 11.3 Å². The molecule has 214 valence electrons. The van der Waals surface area contributed by atoms with Crippen LogP contribution in [0.25, 0.3) is 0 Å². The van der Waals surface area contributed by atoms with Gasteiger partial charge in [-0.1, -0.05) is 44.2 Å². The second-order valence-corrected chi connectivity index (χ2v) is 12.3. The van der Waals surface area contributed by atoms with Gasteiger partial charge in [-0.2, -0.15) is 0 Å². The zero-order valence-electron chi connectivity index (χ0n) is 22.1. The number of phosphoric ester groups is 1. The van der Waals surface area contributed by atoms with E-state index in [0.717, 1.165) is 17.0 Å². The largest absolute Gasteiger partial charge is 0.524 e. The Labute approximate surface area is 231 Å². The molecule has 0 saturated heterocycles. The molecule has 2 aromatic rings. The van der Waals surface area contributed by atoms with E-state index in [1.54, 1.807) is 0 Å². The summed E-state index contributed by atoms with van der Waals surface area (Å²) in [5.41, 5.74) is 1.61. The normalized spacial score (nSPS) is 15.8. The highest BCUT2D eigenvalue weighted by molar-refractivity contribution is 7.46. The lowest BCUT2D eigenvalue weighted by molar-refractivity contribution is -0.137. The van der Waals surface area contributed by atoms with Crippen LogP contribution in [0.4, 0.5) is 0 Å². The van der Waals surface area contributed by atoms with E-state index in [2.05, 4.69) is 15.2 Å². The molecule has 1 aliphatic rings. The number of aromatic nitrogens is 1. The number of phosphoric acid groups is 1. The zero-order valence-corrected chi connectivity index (χ0v) is 23.8. The molecule has 3 rings (SSSR count). The number of nitrogens with zero attached hydrogens (tertiary/aromatic N) is 1. The van der Waals surface area contributed by atoms with Crippen LogP contribution in [0.5, 0.6) is 5.75 Å². The van der Waals surface area contributed by atoms with Crippen molar-refractivity contribution in [3.05, 3.63) is 45.4 Å². The summed E-state index contributed by atoms with van der Waals surface area (Å²) in [6, 6.07) is 4.20. The van der Waals surface area contributed by atoms with Crippen LogP contribution in [0.3, 0.4) is 0 Å². The SMILES string of the molecule is CC(=O)NC(Cc1ccc(OP(=O)(O)O)cc1)C(=O)NC(CCC(=O)O)c1nc(CC2CCCCC2)c(C)s1. The maximum Gasteiger partial charge on any atom is 0.524 e. The van der Waals surface area contributed by atoms with Gasteiger partial charge in [0.1, 0.15) is 16.8 Å². The summed E-state index contributed by atoms with van der Waals surface area (Å²) in [5, 5.41) is 15.5. The van der Waals surface area contributed by atoms with Gasteiger partial charge in [-0.25, -0.2) is 9.55 Å². The van der Waals surface area contributed by atoms with Crippen molar-refractivity contribution in [1.29, 1.82) is 0 Å². The van der Waals surface area contributed by atoms with Crippen LogP contribution >= 0.6 is 19.2 Å². The van der Waals surface area contributed by atoms with E-state index in [0.29, 0.717) is 16.5 Å². The molecule has 1 aliphatic carbocycles. The predicted octanol–water partition coefficient (Wildman–Crippen LogP) is 3.82. The number of carbonyl (C=O) groups excluding carboxylic acids is 2. The Morgan fingerprint density at radius 3 is 2.38 bits per heavy atom. The lowest BCUT2D eigenvalue weighted by Gasteiger charge is -2.22. The van der Waals surface area contributed by atoms with Crippen LogP contribution in [0.2, 0.25) is 0 Å². The number of amides is 2. The maximum atomic E-state index is 13.4. The van der Waals surface area contributed by atoms with Crippen molar-refractivity contribution in [2.24, 2.45) is 5.92 Å². The van der Waals surface area contributed by atoms with Crippen molar-refractivity contribution in [3.8, 4) is 5.75 Å². The standard InChI is InChI=1S/C26H36N3O8PS/c1-16-22(14-18-6-4-3-5-7-18)29-26(39-16)21(12-13-24(31)32)28-25(33)23(27-17(2)30)15-19-8-10-20(11-9-19)37-38(34,35)36/h8-11,18,21,23H,3-7,12-15H2,1-2H3,(H,27,30)(H,28,33)(H,31,32)(H2,34,35,36). The molecule has 39 heavy (non-hydrogen) atoms. The highest BCUT2D eigenvalue weighted by Crippen LogP contribution is 2.37. The average molecular weight is 582 g/mol. The first-order valence-electron chi connectivity index (χ1n) is 13.0. The number of benzene rings is 1. The van der Waals surface area contributed by atoms with Gasteiger partial charge in [-0.05, 0) is 43.4 Å². The minimum atomic E-state index is -4.70. The van der Waals surface area contributed by atoms with Crippen LogP contribution in [0, 0.1) is 12.8 Å². The first kappa shape index (κ1) is 30.7. The van der Waals surface area contributed by atoms with E-state index in [-0.39, 0.29) is 25.0 Å². The van der Waals surface area contributed by atoms with E-state index in [1.807, 2.05) is 6.92 Å². The van der Waals surface area contributed by atoms with Crippen LogP contribution in [-0.4, -0.2) is 43.7 Å². The van der Waals surface area contributed by atoms with Crippen LogP contribution in [0.15, 0.2) is 24.3 Å². The minimum Gasteiger partial charge on any atom is -0.481 e. The summed E-state index contributed by atoms with van der Waals surface area (Å²) < 4.78 is 15.6. The second kappa shape index (κ2) is 14.0. The molecule has 1 fully saturated rings. The Balaban J connectivity index is 1.75. The van der Waals surface area contributed by atoms with Gasteiger partial charge in [-0.3, -0.25) is 24.2 Å². The molecule has 5 N–H and O–H groups in total. The van der Waals surface area contributed by atoms with Crippen molar-refractivity contribution >= 4 is 36.9 Å². The molecule has 13 heteroatoms. The lowest BCUT2D eigenvalue weighted by atomic mass is 9.86. The zero-order chi connectivity index (χ0) is 28.6. The summed E-state index contributed by atoms with van der Waals surface area (Å²) >= 11 is 1.46. The van der Waals surface area contributed by atoms with Gasteiger partial charge < -0.3 is 20.3 Å². The van der Waals surface area contributed by atoms with E-state index in [1.165, 1.54) is 74.6 Å². The molecular weight excluding hydrogens is 545 g/mol. The predicted molar refractivity (Wildman–Crippen MR) is 145 cm³/mol. The van der Waals surface area contributed by atoms with Crippen molar-refractivity contribution < 1.29 is 38.4 Å². The molecule has 2 unspecified atom stereocenters. The Hall–Kier alpha value is -2.79. The second-order valence-electron chi connectivity index (χ2n) is 9.94. The highest BCUT2D eigenvalue weighted by Gasteiger charge is 2.27. The Kier molecular flexibility index (Phi) is 11.1. The lowest BCUT2D eigenvalue weighted by Crippen LogP contribution is -2.48. The Morgan fingerprint density at radius 1 is 1.13 bits per heavy atom. The smallest absolute Gasteiger partial charge is 0.481 e. The molecule has 0 radical (unpaired) electrons. The van der Waals surface area contributed by atoms with E-state index in [9.17, 15) is 24.1 Å². The third-order valence-corrected chi connectivity index (χ3v) is 8.23. The van der Waals surface area contributed by atoms with Crippen LogP contribution < -0.4 is 15.2 Å². The Bertz CT molecular complexity index is 1190. The topological polar surface area (TPSA) is 175 Å². The van der Waals surface area contributed by atoms with Crippen LogP contribution in [-0.2, 0) is 31.8 Å². The number of aliphatic carboxylic acids is 1. The maximum absolute atomic E-state index is 13.4. The number of carboxylic acid groups (broad SMARTS) is 1. The number of hydrogen-bond acceptors (Lipinski definition) is 7. The molecule has 1 heterocycles. The summed E-state index contributed by atoms with van der Waals surface area (Å²) in [4.78, 5) is 60.4. The third kappa shape index (κ3) is 10.4. The number of rotatable bonds is 13. The molecule has 11 nitrogen and oxygen atoms in total. The first-order valence-corrected chi connectivity index (χ1v) is 15.3. The average Bonchev–Trinajstić information content (AvgIpc) is 3.21. The number of aryl methyl sites for hydroxylation is 1. The van der Waals surface area contributed by atoms with Gasteiger partial charge in [0.2, 0.25) is 11.8 Å². The number of hydrogen-bond donors (Lipinski definition) is 5. The summed E-state index contributed by atoms with van der Waals surface area (Å²) in [7, 11) is -4.70. The fourth-order valence-corrected chi connectivity index (χ4v) is 6.20. The van der Waals surface area contributed by atoms with Crippen molar-refractivity contribution in [2.45, 2.75) is 83.7 Å². The molecule has 1 aromatic carbocycles. The van der Waals surface area contributed by atoms with Gasteiger partial charge in [0.05, 0.1) is 11.7 Å². The molecule has 0 spiro atoms. The summed E-state index contributed by atoms with van der Waals surface area (Å²) in [5.74, 6) is -1.34. The number of carbonyl (C=O) groups is 3. The molecule has 1 aromatic heterocycles. The monoisotopic (exact) mass is 581 g/mol. The van der Waals surface area contributed by atoms with Gasteiger partial charge in [0.15, 0.2) is 0 Å². The van der Waals surface area contributed by atoms with E-state index >= 15 is 0 Å². The third-order valence-electron chi connectivity index (χ3n) is 6.66. The van der Waals surface area contributed by atoms with Crippen molar-refractivity contribution in [3.63, 3.8) is 0 Å². The van der Waals surface area contributed by atoms with Crippen molar-refractivity contribution in [2.75, 3.05) is 0 Å². The van der Waals surface area contributed by atoms with Crippen LogP contribution in [0.1, 0.15) is 79.1 Å². The molecular formula is C26H36N3O8PS. The van der Waals surface area contributed by atoms with Crippen molar-refractivity contribution in [1.82, 2.24) is 15.6 Å². The first-order chi connectivity index (χ1) is 18.4. The van der Waals surface area contributed by atoms with Gasteiger partial charge in [0.25, 0.3) is 0 Å². The minimum absolute atomic E-state index is 0.0375. The fourth-order valence-electron chi connectivity index (χ4n) is 4.76. The molecule has 2 atom stereocenters. The molecule has 0 aliphatic heterocycles. The molecule has 2 amide bonds. The summed E-state index contributed by atoms with van der Waals surface area (Å²) in [6.07, 6.45) is 7.03. The fraction of sp³-hybridized carbons (Fsp3) is 0.538. The van der Waals surface area contributed by atoms with Gasteiger partial charge >= 0.3 is 13.8 Å². The molecule has 1 saturated carbocycles. The quantitative estimate of drug-likeness (QED) is 0.220. The van der Waals surface area contributed by atoms with Gasteiger partial charge in [0, 0.05) is 24.6 Å². The number of nitrogens with one attached hydrogen (secondary N) is 2. The molecule has 0 bridgehead atoms. The highest BCUT2D eigenvalue weighted by atomic mass is 32.1.